The van der Waals surface area contributed by atoms with Crippen LogP contribution in [0.15, 0.2) is 12.1 Å². The summed E-state index contributed by atoms with van der Waals surface area (Å²) in [5.41, 5.74) is 1.69. The number of carbonyl (C=O) groups is 3. The lowest BCUT2D eigenvalue weighted by atomic mass is 9.81. The number of imide groups is 1. The van der Waals surface area contributed by atoms with E-state index in [-0.39, 0.29) is 42.5 Å². The van der Waals surface area contributed by atoms with Gasteiger partial charge in [-0.05, 0) is 48.9 Å². The predicted octanol–water partition coefficient (Wildman–Crippen LogP) is 4.24. The van der Waals surface area contributed by atoms with Gasteiger partial charge in [0.2, 0.25) is 11.8 Å². The minimum Gasteiger partial charge on any atom is -0.426 e. The van der Waals surface area contributed by atoms with E-state index in [0.29, 0.717) is 10.8 Å². The number of hydrogen-bond donors (Lipinski definition) is 0. The molecule has 1 heterocycles. The molecule has 2 amide bonds. The number of ether oxygens (including phenoxy) is 1. The molecular formula is C21H26ClNO4. The molecule has 2 aliphatic rings. The zero-order valence-electron chi connectivity index (χ0n) is 16.1. The second-order valence-electron chi connectivity index (χ2n) is 7.84. The summed E-state index contributed by atoms with van der Waals surface area (Å²) in [5.74, 6) is -0.390. The summed E-state index contributed by atoms with van der Waals surface area (Å²) in [6.07, 6.45) is 3.53. The van der Waals surface area contributed by atoms with Crippen LogP contribution >= 0.6 is 11.6 Å². The fourth-order valence-electron chi connectivity index (χ4n) is 4.05. The van der Waals surface area contributed by atoms with E-state index in [4.69, 9.17) is 16.3 Å². The molecule has 1 aliphatic heterocycles. The van der Waals surface area contributed by atoms with Crippen LogP contribution in [-0.2, 0) is 14.4 Å². The van der Waals surface area contributed by atoms with Crippen molar-refractivity contribution in [2.75, 3.05) is 6.54 Å². The molecule has 5 nitrogen and oxygen atoms in total. The minimum atomic E-state index is -0.453. The molecule has 0 aromatic heterocycles. The maximum atomic E-state index is 12.5. The van der Waals surface area contributed by atoms with Crippen molar-refractivity contribution in [2.45, 2.75) is 58.8 Å². The van der Waals surface area contributed by atoms with Crippen LogP contribution in [0.5, 0.6) is 5.75 Å². The standard InChI is InChI=1S/C21H26ClNO4/c1-12(2)16-11-18(13(3)10-17(16)22)27-19(24)8-9-23-20(25)14-6-4-5-7-15(14)21(23)26/h10-12,14-15H,4-9H2,1-3H3. The average Bonchev–Trinajstić information content (AvgIpc) is 2.86. The van der Waals surface area contributed by atoms with Gasteiger partial charge in [0, 0.05) is 11.6 Å². The Morgan fingerprint density at radius 2 is 1.78 bits per heavy atom. The number of halogens is 1. The highest BCUT2D eigenvalue weighted by Gasteiger charge is 2.47. The van der Waals surface area contributed by atoms with Crippen LogP contribution in [0.4, 0.5) is 0 Å². The molecule has 1 aromatic rings. The van der Waals surface area contributed by atoms with E-state index in [1.807, 2.05) is 20.8 Å². The lowest BCUT2D eigenvalue weighted by Gasteiger charge is -2.19. The predicted molar refractivity (Wildman–Crippen MR) is 103 cm³/mol. The third-order valence-corrected chi connectivity index (χ3v) is 5.94. The fourth-order valence-corrected chi connectivity index (χ4v) is 4.49. The van der Waals surface area contributed by atoms with Gasteiger partial charge in [-0.25, -0.2) is 0 Å². The highest BCUT2D eigenvalue weighted by atomic mass is 35.5. The third-order valence-electron chi connectivity index (χ3n) is 5.61. The first kappa shape index (κ1) is 19.9. The van der Waals surface area contributed by atoms with Crippen LogP contribution in [0, 0.1) is 18.8 Å². The number of benzene rings is 1. The summed E-state index contributed by atoms with van der Waals surface area (Å²) < 4.78 is 5.49. The van der Waals surface area contributed by atoms with Gasteiger partial charge in [-0.15, -0.1) is 0 Å². The van der Waals surface area contributed by atoms with Crippen LogP contribution in [0.25, 0.3) is 0 Å². The summed E-state index contributed by atoms with van der Waals surface area (Å²) in [7, 11) is 0. The molecule has 2 unspecified atom stereocenters. The fraction of sp³-hybridized carbons (Fsp3) is 0.571. The number of likely N-dealkylation sites (tertiary alicyclic amines) is 1. The molecule has 3 rings (SSSR count). The SMILES string of the molecule is Cc1cc(Cl)c(C(C)C)cc1OC(=O)CCN1C(=O)C2CCCCC2C1=O. The number of aryl methyl sites for hydroxylation is 1. The monoisotopic (exact) mass is 391 g/mol. The molecule has 6 heteroatoms. The van der Waals surface area contributed by atoms with E-state index in [0.717, 1.165) is 36.8 Å². The van der Waals surface area contributed by atoms with Gasteiger partial charge >= 0.3 is 5.97 Å². The summed E-state index contributed by atoms with van der Waals surface area (Å²) in [6, 6.07) is 3.58. The molecule has 1 aliphatic carbocycles. The number of rotatable bonds is 5. The summed E-state index contributed by atoms with van der Waals surface area (Å²) >= 11 is 6.25. The Bertz CT molecular complexity index is 750. The van der Waals surface area contributed by atoms with Gasteiger partial charge in [0.05, 0.1) is 18.3 Å². The lowest BCUT2D eigenvalue weighted by Crippen LogP contribution is -2.33. The van der Waals surface area contributed by atoms with Crippen molar-refractivity contribution in [3.8, 4) is 5.75 Å². The highest BCUT2D eigenvalue weighted by Crippen LogP contribution is 2.38. The molecule has 146 valence electrons. The van der Waals surface area contributed by atoms with Crippen LogP contribution in [0.1, 0.15) is 63.0 Å². The van der Waals surface area contributed by atoms with Gasteiger partial charge in [-0.2, -0.15) is 0 Å². The van der Waals surface area contributed by atoms with Crippen molar-refractivity contribution in [3.05, 3.63) is 28.3 Å². The van der Waals surface area contributed by atoms with E-state index >= 15 is 0 Å². The summed E-state index contributed by atoms with van der Waals surface area (Å²) in [4.78, 5) is 38.5. The van der Waals surface area contributed by atoms with Crippen LogP contribution in [0.3, 0.4) is 0 Å². The zero-order chi connectivity index (χ0) is 19.7. The highest BCUT2D eigenvalue weighted by molar-refractivity contribution is 6.31. The first-order chi connectivity index (χ1) is 12.8. The van der Waals surface area contributed by atoms with Crippen molar-refractivity contribution >= 4 is 29.4 Å². The lowest BCUT2D eigenvalue weighted by molar-refractivity contribution is -0.141. The Morgan fingerprint density at radius 1 is 1.19 bits per heavy atom. The molecule has 2 fully saturated rings. The molecule has 0 radical (unpaired) electrons. The van der Waals surface area contributed by atoms with Gasteiger partial charge in [0.25, 0.3) is 0 Å². The van der Waals surface area contributed by atoms with Crippen molar-refractivity contribution in [1.29, 1.82) is 0 Å². The molecule has 1 saturated carbocycles. The Hall–Kier alpha value is -1.88. The van der Waals surface area contributed by atoms with Crippen molar-refractivity contribution in [1.82, 2.24) is 4.90 Å². The van der Waals surface area contributed by atoms with E-state index in [1.54, 1.807) is 12.1 Å². The smallest absolute Gasteiger partial charge is 0.313 e. The van der Waals surface area contributed by atoms with Crippen LogP contribution in [0.2, 0.25) is 5.02 Å². The molecule has 0 N–H and O–H groups in total. The number of amides is 2. The molecular weight excluding hydrogens is 366 g/mol. The maximum absolute atomic E-state index is 12.5. The van der Waals surface area contributed by atoms with Crippen molar-refractivity contribution in [2.24, 2.45) is 11.8 Å². The van der Waals surface area contributed by atoms with E-state index in [9.17, 15) is 14.4 Å². The maximum Gasteiger partial charge on any atom is 0.313 e. The van der Waals surface area contributed by atoms with Gasteiger partial charge in [-0.1, -0.05) is 38.3 Å². The summed E-state index contributed by atoms with van der Waals surface area (Å²) in [5, 5.41) is 0.651. The topological polar surface area (TPSA) is 63.7 Å². The number of carbonyl (C=O) groups excluding carboxylic acids is 3. The average molecular weight is 392 g/mol. The Morgan fingerprint density at radius 3 is 2.33 bits per heavy atom. The van der Waals surface area contributed by atoms with Crippen LogP contribution in [-0.4, -0.2) is 29.2 Å². The van der Waals surface area contributed by atoms with Gasteiger partial charge < -0.3 is 4.74 Å². The quantitative estimate of drug-likeness (QED) is 0.427. The van der Waals surface area contributed by atoms with E-state index in [2.05, 4.69) is 0 Å². The Labute approximate surface area is 165 Å². The van der Waals surface area contributed by atoms with Crippen LogP contribution < -0.4 is 4.74 Å². The third kappa shape index (κ3) is 4.03. The second kappa shape index (κ2) is 8.01. The van der Waals surface area contributed by atoms with Crippen molar-refractivity contribution < 1.29 is 19.1 Å². The second-order valence-corrected chi connectivity index (χ2v) is 8.25. The van der Waals surface area contributed by atoms with Crippen molar-refractivity contribution in [3.63, 3.8) is 0 Å². The minimum absolute atomic E-state index is 0.00397. The molecule has 2 atom stereocenters. The largest absolute Gasteiger partial charge is 0.426 e. The zero-order valence-corrected chi connectivity index (χ0v) is 16.8. The first-order valence-electron chi connectivity index (χ1n) is 9.65. The van der Waals surface area contributed by atoms with Gasteiger partial charge in [0.1, 0.15) is 5.75 Å². The normalized spacial score (nSPS) is 22.3. The first-order valence-corrected chi connectivity index (χ1v) is 10.0. The number of nitrogens with zero attached hydrogens (tertiary/aromatic N) is 1. The van der Waals surface area contributed by atoms with Gasteiger partial charge in [-0.3, -0.25) is 19.3 Å². The molecule has 0 bridgehead atoms. The Kier molecular flexibility index (Phi) is 5.89. The molecule has 0 spiro atoms. The molecule has 27 heavy (non-hydrogen) atoms. The Balaban J connectivity index is 1.63. The number of esters is 1. The van der Waals surface area contributed by atoms with E-state index < -0.39 is 5.97 Å². The molecule has 1 aromatic carbocycles. The van der Waals surface area contributed by atoms with Gasteiger partial charge in [0.15, 0.2) is 0 Å². The summed E-state index contributed by atoms with van der Waals surface area (Å²) in [6.45, 7) is 5.96. The molecule has 1 saturated heterocycles. The van der Waals surface area contributed by atoms with E-state index in [1.165, 1.54) is 4.90 Å². The number of fused-ring (bicyclic) bond motifs is 1. The number of hydrogen-bond acceptors (Lipinski definition) is 4.